The van der Waals surface area contributed by atoms with Gasteiger partial charge in [-0.1, -0.05) is 41.7 Å². The number of hydrogen-bond acceptors (Lipinski definition) is 5. The van der Waals surface area contributed by atoms with Crippen LogP contribution in [0.5, 0.6) is 5.75 Å². The molecule has 1 unspecified atom stereocenters. The zero-order valence-electron chi connectivity index (χ0n) is 18.0. The van der Waals surface area contributed by atoms with Crippen LogP contribution in [0.4, 0.5) is 0 Å². The fourth-order valence-corrected chi connectivity index (χ4v) is 8.12. The van der Waals surface area contributed by atoms with Gasteiger partial charge in [-0.15, -0.1) is 11.3 Å². The third-order valence-corrected chi connectivity index (χ3v) is 9.29. The topological polar surface area (TPSA) is 43.6 Å². The monoisotopic (exact) mass is 612 g/mol. The number of nitrogens with zero attached hydrogens (tertiary/aromatic N) is 2. The van der Waals surface area contributed by atoms with Crippen molar-refractivity contribution in [2.24, 2.45) is 4.99 Å². The fourth-order valence-electron chi connectivity index (χ4n) is 4.73. The number of rotatable bonds is 3. The van der Waals surface area contributed by atoms with Gasteiger partial charge < -0.3 is 4.74 Å². The maximum absolute atomic E-state index is 13.8. The zero-order valence-corrected chi connectivity index (χ0v) is 22.9. The normalized spacial score (nSPS) is 17.1. The highest BCUT2D eigenvalue weighted by molar-refractivity contribution is 9.11. The molecule has 4 nitrogen and oxygen atoms in total. The first-order valence-electron chi connectivity index (χ1n) is 10.7. The van der Waals surface area contributed by atoms with Gasteiger partial charge in [0.15, 0.2) is 4.80 Å². The molecule has 4 aromatic rings. The molecule has 0 spiro atoms. The maximum atomic E-state index is 13.8. The first kappa shape index (κ1) is 22.2. The van der Waals surface area contributed by atoms with Crippen molar-refractivity contribution in [2.75, 3.05) is 7.11 Å². The van der Waals surface area contributed by atoms with E-state index in [9.17, 15) is 4.79 Å². The summed E-state index contributed by atoms with van der Waals surface area (Å²) in [5.74, 6) is 0.725. The average Bonchev–Trinajstić information content (AvgIpc) is 3.46. The molecule has 0 bridgehead atoms. The van der Waals surface area contributed by atoms with Gasteiger partial charge in [0.05, 0.1) is 32.3 Å². The Morgan fingerprint density at radius 1 is 1.12 bits per heavy atom. The molecule has 1 aliphatic carbocycles. The van der Waals surface area contributed by atoms with Crippen LogP contribution in [-0.2, 0) is 6.42 Å². The molecule has 0 saturated heterocycles. The molecule has 0 N–H and O–H groups in total. The Balaban J connectivity index is 1.59. The summed E-state index contributed by atoms with van der Waals surface area (Å²) in [6.07, 6.45) is 3.80. The lowest BCUT2D eigenvalue weighted by Crippen LogP contribution is -2.38. The number of hydrogen-bond donors (Lipinski definition) is 0. The number of fused-ring (bicyclic) bond motifs is 3. The molecule has 0 saturated carbocycles. The SMILES string of the molecule is COc1c(Br)cc(/C=c2\sc3n(c2=O)C(c2cccs2)C2=C(N=3)c3ccccc3CC2)cc1Br. The van der Waals surface area contributed by atoms with Gasteiger partial charge in [-0.25, -0.2) is 4.99 Å². The lowest BCUT2D eigenvalue weighted by atomic mass is 9.85. The highest BCUT2D eigenvalue weighted by Crippen LogP contribution is 2.42. The number of methoxy groups -OCH3 is 1. The van der Waals surface area contributed by atoms with Crippen molar-refractivity contribution in [3.8, 4) is 5.75 Å². The standard InChI is InChI=1S/C26H18Br2N2O2S2/c1-32-24-18(27)11-14(12-19(24)28)13-21-25(31)30-23(20-7-4-10-33-20)17-9-8-15-5-2-3-6-16(15)22(17)29-26(30)34-21/h2-7,10-13,23H,8-9H2,1H3/b21-13-. The van der Waals surface area contributed by atoms with Crippen LogP contribution in [-0.4, -0.2) is 11.7 Å². The second kappa shape index (κ2) is 8.75. The van der Waals surface area contributed by atoms with E-state index in [4.69, 9.17) is 9.73 Å². The zero-order chi connectivity index (χ0) is 23.4. The minimum Gasteiger partial charge on any atom is -0.494 e. The molecule has 2 aliphatic rings. The Morgan fingerprint density at radius 3 is 2.65 bits per heavy atom. The number of aryl methyl sites for hydroxylation is 1. The van der Waals surface area contributed by atoms with Gasteiger partial charge in [-0.3, -0.25) is 9.36 Å². The van der Waals surface area contributed by atoms with Gasteiger partial charge >= 0.3 is 0 Å². The fraction of sp³-hybridized carbons (Fsp3) is 0.154. The Morgan fingerprint density at radius 2 is 1.91 bits per heavy atom. The van der Waals surface area contributed by atoms with Crippen molar-refractivity contribution < 1.29 is 4.74 Å². The van der Waals surface area contributed by atoms with Crippen LogP contribution in [0.25, 0.3) is 11.8 Å². The average molecular weight is 614 g/mol. The lowest BCUT2D eigenvalue weighted by Gasteiger charge is -2.30. The van der Waals surface area contributed by atoms with E-state index in [1.807, 2.05) is 22.8 Å². The third-order valence-electron chi connectivity index (χ3n) is 6.21. The van der Waals surface area contributed by atoms with Crippen molar-refractivity contribution in [1.29, 1.82) is 0 Å². The summed E-state index contributed by atoms with van der Waals surface area (Å²) in [4.78, 5) is 20.7. The molecule has 8 heteroatoms. The van der Waals surface area contributed by atoms with E-state index in [0.29, 0.717) is 4.53 Å². The van der Waals surface area contributed by atoms with E-state index in [1.165, 1.54) is 32.9 Å². The van der Waals surface area contributed by atoms with E-state index >= 15 is 0 Å². The molecule has 2 aromatic carbocycles. The summed E-state index contributed by atoms with van der Waals surface area (Å²) in [5.41, 5.74) is 5.67. The van der Waals surface area contributed by atoms with Crippen molar-refractivity contribution in [1.82, 2.24) is 4.57 Å². The highest BCUT2D eigenvalue weighted by Gasteiger charge is 2.33. The predicted octanol–water partition coefficient (Wildman–Crippen LogP) is 5.91. The Labute approximate surface area is 220 Å². The van der Waals surface area contributed by atoms with E-state index in [1.54, 1.807) is 18.4 Å². The predicted molar refractivity (Wildman–Crippen MR) is 145 cm³/mol. The number of ether oxygens (including phenoxy) is 1. The number of halogens is 2. The second-order valence-corrected chi connectivity index (χ2v) is 11.8. The van der Waals surface area contributed by atoms with Crippen LogP contribution in [0.2, 0.25) is 0 Å². The molecule has 3 heterocycles. The molecule has 1 aliphatic heterocycles. The Bertz CT molecular complexity index is 1630. The van der Waals surface area contributed by atoms with Gasteiger partial charge in [0, 0.05) is 10.4 Å². The van der Waals surface area contributed by atoms with Crippen LogP contribution in [0.3, 0.4) is 0 Å². The van der Waals surface area contributed by atoms with Crippen LogP contribution < -0.4 is 19.6 Å². The molecule has 2 aromatic heterocycles. The van der Waals surface area contributed by atoms with Gasteiger partial charge in [-0.05, 0) is 91.1 Å². The van der Waals surface area contributed by atoms with Crippen LogP contribution in [0.15, 0.2) is 78.2 Å². The van der Waals surface area contributed by atoms with E-state index < -0.39 is 0 Å². The van der Waals surface area contributed by atoms with E-state index in [-0.39, 0.29) is 11.6 Å². The van der Waals surface area contributed by atoms with Crippen molar-refractivity contribution >= 4 is 66.3 Å². The van der Waals surface area contributed by atoms with E-state index in [2.05, 4.69) is 73.6 Å². The Kier molecular flexibility index (Phi) is 5.72. The third kappa shape index (κ3) is 3.59. The minimum absolute atomic E-state index is 0.00405. The Hall–Kier alpha value is -2.26. The van der Waals surface area contributed by atoms with Gasteiger partial charge in [0.1, 0.15) is 5.75 Å². The summed E-state index contributed by atoms with van der Waals surface area (Å²) in [7, 11) is 1.63. The quantitative estimate of drug-likeness (QED) is 0.288. The molecular formula is C26H18Br2N2O2S2. The summed E-state index contributed by atoms with van der Waals surface area (Å²) >= 11 is 10.3. The van der Waals surface area contributed by atoms with Gasteiger partial charge in [0.25, 0.3) is 5.56 Å². The van der Waals surface area contributed by atoms with E-state index in [0.717, 1.165) is 43.6 Å². The van der Waals surface area contributed by atoms with Crippen LogP contribution in [0.1, 0.15) is 34.0 Å². The number of aromatic nitrogens is 1. The summed E-state index contributed by atoms with van der Waals surface area (Å²) in [6.45, 7) is 0. The van der Waals surface area contributed by atoms with Gasteiger partial charge in [0.2, 0.25) is 0 Å². The minimum atomic E-state index is -0.115. The molecule has 1 atom stereocenters. The number of allylic oxidation sites excluding steroid dienone is 1. The van der Waals surface area contributed by atoms with Crippen molar-refractivity contribution in [2.45, 2.75) is 18.9 Å². The summed E-state index contributed by atoms with van der Waals surface area (Å²) < 4.78 is 9.63. The van der Waals surface area contributed by atoms with Crippen molar-refractivity contribution in [3.05, 3.63) is 110 Å². The molecular weight excluding hydrogens is 596 g/mol. The summed E-state index contributed by atoms with van der Waals surface area (Å²) in [6, 6.07) is 16.5. The number of benzene rings is 2. The molecule has 0 fully saturated rings. The highest BCUT2D eigenvalue weighted by atomic mass is 79.9. The second-order valence-electron chi connectivity index (χ2n) is 8.15. The first-order chi connectivity index (χ1) is 16.5. The molecule has 170 valence electrons. The lowest BCUT2D eigenvalue weighted by molar-refractivity contribution is 0.409. The largest absolute Gasteiger partial charge is 0.494 e. The first-order valence-corrected chi connectivity index (χ1v) is 14.0. The number of thiazole rings is 1. The molecule has 0 radical (unpaired) electrons. The van der Waals surface area contributed by atoms with Crippen molar-refractivity contribution in [3.63, 3.8) is 0 Å². The van der Waals surface area contributed by atoms with Gasteiger partial charge in [-0.2, -0.15) is 0 Å². The summed E-state index contributed by atoms with van der Waals surface area (Å²) in [5, 5.41) is 2.08. The van der Waals surface area contributed by atoms with Crippen LogP contribution >= 0.6 is 54.5 Å². The molecule has 6 rings (SSSR count). The van der Waals surface area contributed by atoms with Crippen LogP contribution in [0, 0.1) is 0 Å². The molecule has 0 amide bonds. The molecule has 34 heavy (non-hydrogen) atoms. The smallest absolute Gasteiger partial charge is 0.271 e. The number of thiophene rings is 1. The maximum Gasteiger partial charge on any atom is 0.271 e.